The number of anilines is 6. The van der Waals surface area contributed by atoms with Gasteiger partial charge in [-0.25, -0.2) is 9.59 Å². The SMILES string of the molecule is COc1ccc(N(c2ccc(/C=C/c3ccc(N(c4ccc(OC)cc4)c4ccc(-c5ccc(/C=C(\C#N)C(=O)O)s5)cc4)cc3)cc2)c2ccc(-c3ccc(/C=C(\C#N)C(=O)O)s3)cc2)cc1. The van der Waals surface area contributed by atoms with E-state index in [1.54, 1.807) is 26.4 Å². The van der Waals surface area contributed by atoms with Gasteiger partial charge in [-0.05, 0) is 156 Å². The summed E-state index contributed by atoms with van der Waals surface area (Å²) in [7, 11) is 3.28. The van der Waals surface area contributed by atoms with Gasteiger partial charge in [-0.15, -0.1) is 22.7 Å². The second-order valence-electron chi connectivity index (χ2n) is 15.0. The second-order valence-corrected chi connectivity index (χ2v) is 17.3. The van der Waals surface area contributed by atoms with Crippen molar-refractivity contribution >= 4 is 93.0 Å². The lowest BCUT2D eigenvalue weighted by atomic mass is 10.1. The third-order valence-electron chi connectivity index (χ3n) is 10.8. The lowest BCUT2D eigenvalue weighted by Gasteiger charge is -2.26. The van der Waals surface area contributed by atoms with Gasteiger partial charge >= 0.3 is 11.9 Å². The van der Waals surface area contributed by atoms with E-state index in [-0.39, 0.29) is 11.1 Å². The summed E-state index contributed by atoms with van der Waals surface area (Å²) in [4.78, 5) is 30.3. The van der Waals surface area contributed by atoms with Crippen LogP contribution in [-0.4, -0.2) is 36.4 Å². The van der Waals surface area contributed by atoms with Crippen LogP contribution in [-0.2, 0) is 9.59 Å². The van der Waals surface area contributed by atoms with Gasteiger partial charge in [0.15, 0.2) is 0 Å². The van der Waals surface area contributed by atoms with Gasteiger partial charge in [0.1, 0.15) is 34.8 Å². The summed E-state index contributed by atoms with van der Waals surface area (Å²) < 4.78 is 10.9. The minimum Gasteiger partial charge on any atom is -0.497 e. The van der Waals surface area contributed by atoms with E-state index >= 15 is 0 Å². The molecule has 0 aliphatic carbocycles. The second kappa shape index (κ2) is 20.9. The molecule has 0 unspecified atom stereocenters. The first kappa shape index (κ1) is 45.6. The van der Waals surface area contributed by atoms with Crippen molar-refractivity contribution in [2.75, 3.05) is 24.0 Å². The van der Waals surface area contributed by atoms with Crippen molar-refractivity contribution in [3.05, 3.63) is 202 Å². The van der Waals surface area contributed by atoms with Crippen LogP contribution in [0, 0.1) is 22.7 Å². The molecule has 0 saturated carbocycles. The van der Waals surface area contributed by atoms with Crippen molar-refractivity contribution < 1.29 is 29.3 Å². The predicted octanol–water partition coefficient (Wildman–Crippen LogP) is 14.3. The molecule has 68 heavy (non-hydrogen) atoms. The number of carboxylic acid groups (broad SMARTS) is 2. The van der Waals surface area contributed by atoms with Crippen molar-refractivity contribution in [2.24, 2.45) is 0 Å². The number of benzene rings is 6. The van der Waals surface area contributed by atoms with Crippen LogP contribution >= 0.6 is 22.7 Å². The fraction of sp³-hybridized carbons (Fsp3) is 0.0357. The highest BCUT2D eigenvalue weighted by molar-refractivity contribution is 7.16. The number of carboxylic acids is 2. The molecule has 0 aliphatic heterocycles. The summed E-state index contributed by atoms with van der Waals surface area (Å²) in [5.74, 6) is -1.00. The first-order chi connectivity index (χ1) is 33.1. The Morgan fingerprint density at radius 3 is 1.03 bits per heavy atom. The van der Waals surface area contributed by atoms with Gasteiger partial charge in [-0.1, -0.05) is 60.7 Å². The summed E-state index contributed by atoms with van der Waals surface area (Å²) in [6, 6.07) is 59.7. The van der Waals surface area contributed by atoms with Crippen molar-refractivity contribution in [2.45, 2.75) is 0 Å². The molecule has 2 heterocycles. The Balaban J connectivity index is 1.01. The van der Waals surface area contributed by atoms with Crippen molar-refractivity contribution in [1.82, 2.24) is 0 Å². The zero-order chi connectivity index (χ0) is 47.6. The predicted molar refractivity (Wildman–Crippen MR) is 273 cm³/mol. The van der Waals surface area contributed by atoms with E-state index in [9.17, 15) is 30.3 Å². The van der Waals surface area contributed by atoms with Crippen LogP contribution in [0.3, 0.4) is 0 Å². The topological polar surface area (TPSA) is 147 Å². The quantitative estimate of drug-likeness (QED) is 0.0545. The highest BCUT2D eigenvalue weighted by Crippen LogP contribution is 2.40. The van der Waals surface area contributed by atoms with E-state index in [0.717, 1.165) is 77.6 Å². The first-order valence-electron chi connectivity index (χ1n) is 21.0. The van der Waals surface area contributed by atoms with Crippen LogP contribution in [0.4, 0.5) is 34.1 Å². The molecular formula is C56H40N4O6S2. The number of ether oxygens (including phenoxy) is 2. The standard InChI is InChI=1S/C56H40N4O6S2/c1-65-49-25-21-47(22-26-49)59(45-17-9-39(10-18-45)53-31-29-51(67-53)33-41(35-57)55(61)62)43-13-5-37(6-14-43)3-4-38-7-15-44(16-8-38)60(48-23-27-50(66-2)28-24-48)46-19-11-40(12-20-46)54-32-30-52(68-54)34-42(36-58)56(63)64/h3-34H,1-2H3,(H,61,62)(H,63,64)/b4-3+,41-33+,42-34+. The Morgan fingerprint density at radius 1 is 0.456 bits per heavy atom. The third-order valence-corrected chi connectivity index (χ3v) is 12.9. The molecule has 0 atom stereocenters. The van der Waals surface area contributed by atoms with E-state index in [4.69, 9.17) is 9.47 Å². The summed E-state index contributed by atoms with van der Waals surface area (Å²) in [5, 5.41) is 36.9. The van der Waals surface area contributed by atoms with Gasteiger partial charge in [0.05, 0.1) is 14.2 Å². The molecule has 2 aromatic heterocycles. The van der Waals surface area contributed by atoms with Crippen molar-refractivity contribution in [3.8, 4) is 44.5 Å². The third kappa shape index (κ3) is 10.6. The maximum Gasteiger partial charge on any atom is 0.346 e. The molecule has 8 aromatic rings. The van der Waals surface area contributed by atoms with Crippen LogP contribution in [0.2, 0.25) is 0 Å². The highest BCUT2D eigenvalue weighted by Gasteiger charge is 2.16. The molecule has 332 valence electrons. The van der Waals surface area contributed by atoms with Crippen LogP contribution in [0.1, 0.15) is 20.9 Å². The number of hydrogen-bond acceptors (Lipinski definition) is 10. The number of nitrogens with zero attached hydrogens (tertiary/aromatic N) is 4. The average Bonchev–Trinajstić information content (AvgIpc) is 4.06. The summed E-state index contributed by atoms with van der Waals surface area (Å²) in [6.45, 7) is 0. The smallest absolute Gasteiger partial charge is 0.346 e. The molecule has 12 heteroatoms. The zero-order valence-electron chi connectivity index (χ0n) is 36.6. The largest absolute Gasteiger partial charge is 0.497 e. The van der Waals surface area contributed by atoms with Gasteiger partial charge in [-0.2, -0.15) is 10.5 Å². The molecule has 6 aromatic carbocycles. The highest BCUT2D eigenvalue weighted by atomic mass is 32.1. The molecule has 0 radical (unpaired) electrons. The van der Waals surface area contributed by atoms with Gasteiger partial charge in [0.2, 0.25) is 0 Å². The number of hydrogen-bond donors (Lipinski definition) is 2. The summed E-state index contributed by atoms with van der Waals surface area (Å²) >= 11 is 2.83. The minimum atomic E-state index is -1.25. The minimum absolute atomic E-state index is 0.311. The van der Waals surface area contributed by atoms with Crippen LogP contribution in [0.5, 0.6) is 11.5 Å². The van der Waals surface area contributed by atoms with Gasteiger partial charge in [-0.3, -0.25) is 0 Å². The molecule has 0 saturated heterocycles. The van der Waals surface area contributed by atoms with Crippen LogP contribution < -0.4 is 19.3 Å². The Morgan fingerprint density at radius 2 is 0.750 bits per heavy atom. The number of methoxy groups -OCH3 is 2. The average molecular weight is 929 g/mol. The van der Waals surface area contributed by atoms with Gasteiger partial charge in [0.25, 0.3) is 0 Å². The van der Waals surface area contributed by atoms with Crippen LogP contribution in [0.15, 0.2) is 181 Å². The van der Waals surface area contributed by atoms with E-state index < -0.39 is 11.9 Å². The molecule has 0 aliphatic rings. The van der Waals surface area contributed by atoms with E-state index in [0.29, 0.717) is 9.75 Å². The molecule has 0 amide bonds. The number of thiophene rings is 2. The number of nitriles is 2. The fourth-order valence-corrected chi connectivity index (χ4v) is 9.22. The monoisotopic (exact) mass is 928 g/mol. The molecule has 2 N–H and O–H groups in total. The Bertz CT molecular complexity index is 3030. The Hall–Kier alpha value is -8.94. The molecule has 10 nitrogen and oxygen atoms in total. The molecule has 8 rings (SSSR count). The zero-order valence-corrected chi connectivity index (χ0v) is 38.2. The van der Waals surface area contributed by atoms with E-state index in [1.807, 2.05) is 121 Å². The van der Waals surface area contributed by atoms with Crippen molar-refractivity contribution in [1.29, 1.82) is 10.5 Å². The fourth-order valence-electron chi connectivity index (χ4n) is 7.31. The lowest BCUT2D eigenvalue weighted by Crippen LogP contribution is -2.09. The number of carbonyl (C=O) groups is 2. The normalized spacial score (nSPS) is 11.4. The molecular weight excluding hydrogens is 889 g/mol. The maximum atomic E-state index is 11.4. The molecule has 0 bridgehead atoms. The number of rotatable bonds is 16. The maximum absolute atomic E-state index is 11.4. The molecule has 0 fully saturated rings. The Labute approximate surface area is 401 Å². The van der Waals surface area contributed by atoms with E-state index in [1.165, 1.54) is 34.8 Å². The van der Waals surface area contributed by atoms with Crippen LogP contribution in [0.25, 0.3) is 45.2 Å². The first-order valence-corrected chi connectivity index (χ1v) is 22.6. The molecule has 0 spiro atoms. The number of aliphatic carboxylic acids is 2. The summed E-state index contributed by atoms with van der Waals surface area (Å²) in [6.07, 6.45) is 6.94. The van der Waals surface area contributed by atoms with Gasteiger partial charge in [0, 0.05) is 53.6 Å². The Kier molecular flexibility index (Phi) is 14.0. The van der Waals surface area contributed by atoms with Gasteiger partial charge < -0.3 is 29.5 Å². The lowest BCUT2D eigenvalue weighted by molar-refractivity contribution is -0.133. The summed E-state index contributed by atoms with van der Waals surface area (Å²) in [5.41, 5.74) is 9.05. The van der Waals surface area contributed by atoms with E-state index in [2.05, 4.69) is 70.5 Å². The van der Waals surface area contributed by atoms with Crippen molar-refractivity contribution in [3.63, 3.8) is 0 Å².